The molecule has 4 aromatic carbocycles. The van der Waals surface area contributed by atoms with Gasteiger partial charge in [0.2, 0.25) is 0 Å². The third-order valence-corrected chi connectivity index (χ3v) is 20.6. The minimum Gasteiger partial charge on any atom is -0.294 e. The molecule has 3 saturated carbocycles. The number of hydrogen-bond acceptors (Lipinski definition) is 0. The molecule has 0 aliphatic heterocycles. The molecule has 0 unspecified atom stereocenters. The Hall–Kier alpha value is -3.22. The predicted octanol–water partition coefficient (Wildman–Crippen LogP) is 14.4. The molecule has 2 nitrogen and oxygen atoms in total. The van der Waals surface area contributed by atoms with Crippen molar-refractivity contribution in [2.75, 3.05) is 0 Å². The van der Waals surface area contributed by atoms with Crippen molar-refractivity contribution in [3.05, 3.63) is 123 Å². The molecule has 8 rings (SSSR count). The van der Waals surface area contributed by atoms with Crippen molar-refractivity contribution in [1.82, 2.24) is 9.13 Å². The summed E-state index contributed by atoms with van der Waals surface area (Å²) in [6, 6.07) is 31.3. The molecule has 3 aliphatic rings. The summed E-state index contributed by atoms with van der Waals surface area (Å²) >= 11 is 0. The summed E-state index contributed by atoms with van der Waals surface area (Å²) in [7, 11) is 0. The van der Waals surface area contributed by atoms with Gasteiger partial charge in [-0.05, 0) is 150 Å². The summed E-state index contributed by atoms with van der Waals surface area (Å²) < 4.78 is 5.91. The van der Waals surface area contributed by atoms with Crippen LogP contribution < -0.4 is 0 Å². The molecule has 0 radical (unpaired) electrons. The molecule has 0 saturated heterocycles. The molecule has 0 atom stereocenters. The molecular weight excluding hydrogens is 660 g/mol. The van der Waals surface area contributed by atoms with E-state index in [0.717, 1.165) is 11.3 Å². The highest BCUT2D eigenvalue weighted by Crippen LogP contribution is 2.77. The molecule has 0 spiro atoms. The molecule has 5 aromatic rings. The third-order valence-electron chi connectivity index (χ3n) is 14.1. The van der Waals surface area contributed by atoms with E-state index in [0.29, 0.717) is 0 Å². The first-order chi connectivity index (χ1) is 25.7. The topological polar surface area (TPSA) is 9.86 Å². The highest BCUT2D eigenvalue weighted by atomic mass is 31.2. The van der Waals surface area contributed by atoms with Crippen molar-refractivity contribution in [3.8, 4) is 11.4 Å². The van der Waals surface area contributed by atoms with Crippen molar-refractivity contribution in [2.45, 2.75) is 161 Å². The Bertz CT molecular complexity index is 2010. The van der Waals surface area contributed by atoms with E-state index in [1.54, 1.807) is 10.8 Å². The van der Waals surface area contributed by atoms with Gasteiger partial charge in [0.25, 0.3) is 0 Å². The van der Waals surface area contributed by atoms with Gasteiger partial charge in [0.1, 0.15) is 5.20 Å². The van der Waals surface area contributed by atoms with Crippen LogP contribution in [0.5, 0.6) is 0 Å². The maximum Gasteiger partial charge on any atom is 0.118 e. The van der Waals surface area contributed by atoms with Crippen LogP contribution >= 0.6 is 6.89 Å². The van der Waals surface area contributed by atoms with Gasteiger partial charge in [-0.15, -0.1) is 0 Å². The van der Waals surface area contributed by atoms with Gasteiger partial charge in [-0.3, -0.25) is 9.13 Å². The summed E-state index contributed by atoms with van der Waals surface area (Å²) in [6.45, 7) is 12.2. The van der Waals surface area contributed by atoms with Gasteiger partial charge in [0, 0.05) is 0 Å². The molecule has 3 heteroatoms. The van der Waals surface area contributed by atoms with Gasteiger partial charge in [-0.1, -0.05) is 136 Å². The van der Waals surface area contributed by atoms with E-state index >= 15 is 0 Å². The van der Waals surface area contributed by atoms with Gasteiger partial charge in [0.15, 0.2) is 0 Å². The molecule has 0 amide bonds. The van der Waals surface area contributed by atoms with Gasteiger partial charge in [-0.25, -0.2) is 0 Å². The summed E-state index contributed by atoms with van der Waals surface area (Å²) in [4.78, 5) is 0. The fourth-order valence-corrected chi connectivity index (χ4v) is 20.6. The van der Waals surface area contributed by atoms with Crippen molar-refractivity contribution < 1.29 is 0 Å². The minimum atomic E-state index is -2.03. The Morgan fingerprint density at radius 3 is 1.34 bits per heavy atom. The number of hydrogen-bond donors (Lipinski definition) is 0. The van der Waals surface area contributed by atoms with E-state index in [2.05, 4.69) is 130 Å². The highest BCUT2D eigenvalue weighted by Gasteiger charge is 2.54. The van der Waals surface area contributed by atoms with Crippen molar-refractivity contribution in [3.63, 3.8) is 0 Å². The Balaban J connectivity index is 1.72. The van der Waals surface area contributed by atoms with Gasteiger partial charge >= 0.3 is 0 Å². The number of nitrogens with zero attached hydrogens (tertiary/aromatic N) is 2. The average Bonchev–Trinajstić information content (AvgIpc) is 3.47. The van der Waals surface area contributed by atoms with Crippen LogP contribution in [0.2, 0.25) is 0 Å². The molecule has 0 N–H and O–H groups in total. The zero-order valence-corrected chi connectivity index (χ0v) is 34.7. The Kier molecular flexibility index (Phi) is 10.5. The van der Waals surface area contributed by atoms with Crippen LogP contribution in [0.25, 0.3) is 22.4 Å². The second kappa shape index (κ2) is 15.1. The zero-order valence-electron chi connectivity index (χ0n) is 33.8. The van der Waals surface area contributed by atoms with E-state index in [1.165, 1.54) is 159 Å². The Labute approximate surface area is 321 Å². The van der Waals surface area contributed by atoms with Crippen LogP contribution in [0.15, 0.2) is 78.9 Å². The van der Waals surface area contributed by atoms with Crippen molar-refractivity contribution in [1.29, 1.82) is 0 Å². The molecular formula is C50H65N2P. The molecule has 280 valence electrons. The molecule has 53 heavy (non-hydrogen) atoms. The quantitative estimate of drug-likeness (QED) is 0.148. The van der Waals surface area contributed by atoms with Crippen LogP contribution in [0.4, 0.5) is 0 Å². The monoisotopic (exact) mass is 724 g/mol. The highest BCUT2D eigenvalue weighted by molar-refractivity contribution is 7.71. The van der Waals surface area contributed by atoms with E-state index in [1.807, 2.05) is 0 Å². The van der Waals surface area contributed by atoms with Crippen LogP contribution in [-0.2, 0) is 6.42 Å². The number of para-hydroxylation sites is 2. The Morgan fingerprint density at radius 2 is 0.906 bits per heavy atom. The smallest absolute Gasteiger partial charge is 0.118 e. The number of benzene rings is 4. The summed E-state index contributed by atoms with van der Waals surface area (Å²) in [5.74, 6) is 0. The lowest BCUT2D eigenvalue weighted by atomic mass is 9.83. The molecule has 3 fully saturated rings. The van der Waals surface area contributed by atoms with Crippen LogP contribution in [0, 0.1) is 46.7 Å². The molecule has 0 bridgehead atoms. The second-order valence-corrected chi connectivity index (χ2v) is 22.1. The fraction of sp³-hybridized carbons (Fsp3) is 0.500. The van der Waals surface area contributed by atoms with Crippen molar-refractivity contribution >= 4 is 17.9 Å². The number of imidazole rings is 1. The van der Waals surface area contributed by atoms with E-state index < -0.39 is 6.89 Å². The van der Waals surface area contributed by atoms with E-state index in [4.69, 9.17) is 0 Å². The first-order valence-electron chi connectivity index (χ1n) is 21.4. The fourth-order valence-electron chi connectivity index (χ4n) is 12.4. The lowest BCUT2D eigenvalue weighted by molar-refractivity contribution is 0.368. The maximum atomic E-state index is 2.95. The first-order valence-corrected chi connectivity index (χ1v) is 23.3. The third kappa shape index (κ3) is 6.34. The van der Waals surface area contributed by atoms with E-state index in [9.17, 15) is 0 Å². The van der Waals surface area contributed by atoms with Gasteiger partial charge in [0.05, 0.1) is 22.4 Å². The maximum absolute atomic E-state index is 2.95. The standard InChI is InChI=1S/C50H65N2P/c1-36-31-38(3)47(39(4)32-36)51-45-27-17-18-28-46(45)52(48-40(5)33-37(2)34-41(48)6)49(51)53(43-23-13-8-14-24-43,44-25-15-9-16-26-44)50(29-19-10-20-30-50)35-42-21-11-7-12-22-42/h7,11-12,17-18,21-22,27-28,31-34,43-44H,8-10,13-16,19-20,23-26,29-30,35H2,1-6H3. The van der Waals surface area contributed by atoms with Gasteiger partial charge in [-0.2, -0.15) is 0 Å². The van der Waals surface area contributed by atoms with Crippen LogP contribution in [-0.4, -0.2) is 25.6 Å². The second-order valence-electron chi connectivity index (χ2n) is 17.8. The predicted molar refractivity (Wildman–Crippen MR) is 231 cm³/mol. The summed E-state index contributed by atoms with van der Waals surface area (Å²) in [6.07, 6.45) is 22.1. The van der Waals surface area contributed by atoms with Crippen molar-refractivity contribution in [2.24, 2.45) is 0 Å². The number of aromatic nitrogens is 2. The first kappa shape index (κ1) is 36.7. The largest absolute Gasteiger partial charge is 0.294 e. The Morgan fingerprint density at radius 1 is 0.509 bits per heavy atom. The normalized spacial score (nSPS) is 18.8. The lowest BCUT2D eigenvalue weighted by Gasteiger charge is -2.57. The lowest BCUT2D eigenvalue weighted by Crippen LogP contribution is -2.44. The molecule has 1 aromatic heterocycles. The van der Waals surface area contributed by atoms with E-state index in [-0.39, 0.29) is 5.16 Å². The molecule has 1 heterocycles. The minimum absolute atomic E-state index is 0.267. The van der Waals surface area contributed by atoms with Crippen LogP contribution in [0.1, 0.15) is 135 Å². The molecule has 3 aliphatic carbocycles. The number of fused-ring (bicyclic) bond motifs is 1. The van der Waals surface area contributed by atoms with Crippen LogP contribution in [0.3, 0.4) is 0 Å². The number of rotatable bonds is 7. The zero-order chi connectivity index (χ0) is 36.7. The number of aryl methyl sites for hydroxylation is 6. The average molecular weight is 725 g/mol. The van der Waals surface area contributed by atoms with Gasteiger partial charge < -0.3 is 0 Å². The summed E-state index contributed by atoms with van der Waals surface area (Å²) in [5, 5.41) is 2.00. The summed E-state index contributed by atoms with van der Waals surface area (Å²) in [5.41, 5.74) is 17.2. The SMILES string of the molecule is Cc1cc(C)c(-n2c(=P(C3CCCCC3)(C3CCCCC3)C3(Cc4ccccc4)CCCCC3)n(-c3c(C)cc(C)cc3C)c3ccccc32)c(C)c1.